The summed E-state index contributed by atoms with van der Waals surface area (Å²) < 4.78 is 29.1. The Kier molecular flexibility index (Phi) is 6.71. The molecular formula is C17H16N4O8S. The highest BCUT2D eigenvalue weighted by molar-refractivity contribution is 7.89. The Morgan fingerprint density at radius 1 is 1.00 bits per heavy atom. The van der Waals surface area contributed by atoms with E-state index in [0.717, 1.165) is 19.2 Å². The summed E-state index contributed by atoms with van der Waals surface area (Å²) in [6.45, 7) is 0. The van der Waals surface area contributed by atoms with Crippen LogP contribution in [0.5, 0.6) is 0 Å². The Labute approximate surface area is 170 Å². The average Bonchev–Trinajstić information content (AvgIpc) is 2.73. The highest BCUT2D eigenvalue weighted by atomic mass is 32.2. The van der Waals surface area contributed by atoms with Crippen molar-refractivity contribution < 1.29 is 37.4 Å². The topological polar surface area (TPSA) is 185 Å². The van der Waals surface area contributed by atoms with Crippen LogP contribution in [-0.2, 0) is 24.3 Å². The number of carbonyl (C=O) groups excluding carboxylic acids is 3. The maximum Gasteiger partial charge on any atom is 0.411 e. The molecule has 2 aromatic carbocycles. The molecule has 158 valence electrons. The van der Waals surface area contributed by atoms with Gasteiger partial charge in [0, 0.05) is 5.69 Å². The number of amides is 3. The van der Waals surface area contributed by atoms with Gasteiger partial charge in [-0.1, -0.05) is 12.1 Å². The van der Waals surface area contributed by atoms with E-state index in [0.29, 0.717) is 0 Å². The summed E-state index contributed by atoms with van der Waals surface area (Å²) in [6.07, 6.45) is -0.778. The van der Waals surface area contributed by atoms with Gasteiger partial charge in [0.25, 0.3) is 10.0 Å². The fourth-order valence-corrected chi connectivity index (χ4v) is 3.16. The number of hydrogen-bond acceptors (Lipinski definition) is 8. The first-order valence-corrected chi connectivity index (χ1v) is 9.44. The maximum atomic E-state index is 12.5. The molecule has 0 heterocycles. The monoisotopic (exact) mass is 436 g/mol. The molecule has 0 aliphatic carbocycles. The smallest absolute Gasteiger partial charge is 0.411 e. The number of anilines is 2. The molecule has 0 fully saturated rings. The Bertz CT molecular complexity index is 1100. The third kappa shape index (κ3) is 4.89. The number of rotatable bonds is 5. The Balaban J connectivity index is 2.19. The van der Waals surface area contributed by atoms with E-state index in [2.05, 4.69) is 10.1 Å². The van der Waals surface area contributed by atoms with Crippen LogP contribution in [0.4, 0.5) is 16.2 Å². The number of benzene rings is 2. The van der Waals surface area contributed by atoms with E-state index >= 15 is 0 Å². The van der Waals surface area contributed by atoms with Crippen LogP contribution in [0.3, 0.4) is 0 Å². The van der Waals surface area contributed by atoms with Crippen LogP contribution in [-0.4, -0.2) is 48.9 Å². The molecular weight excluding hydrogens is 420 g/mol. The summed E-state index contributed by atoms with van der Waals surface area (Å²) in [5.74, 6) is 0.878. The molecule has 0 aliphatic rings. The average molecular weight is 436 g/mol. The van der Waals surface area contributed by atoms with Crippen molar-refractivity contribution in [1.82, 2.24) is 4.41 Å². The van der Waals surface area contributed by atoms with E-state index in [1.807, 2.05) is 5.32 Å². The van der Waals surface area contributed by atoms with Crippen LogP contribution >= 0.6 is 0 Å². The predicted molar refractivity (Wildman–Crippen MR) is 103 cm³/mol. The molecule has 0 radical (unpaired) electrons. The minimum Gasteiger partial charge on any atom is -0.478 e. The van der Waals surface area contributed by atoms with Gasteiger partial charge in [-0.2, -0.15) is 12.8 Å². The summed E-state index contributed by atoms with van der Waals surface area (Å²) in [7, 11) is -3.47. The van der Waals surface area contributed by atoms with Crippen molar-refractivity contribution in [2.45, 2.75) is 4.90 Å². The number of para-hydroxylation sites is 1. The second kappa shape index (κ2) is 9.02. The first kappa shape index (κ1) is 22.3. The first-order valence-electron chi connectivity index (χ1n) is 8.00. The summed E-state index contributed by atoms with van der Waals surface area (Å²) in [6, 6.07) is 9.74. The summed E-state index contributed by atoms with van der Waals surface area (Å²) in [4.78, 5) is 46.2. The molecule has 0 atom stereocenters. The number of hydrogen-bond donors (Lipinski definition) is 4. The standard InChI is InChI=1S/C17H16N4O8S/c1-29-17(26)19-10-6-8-11(9-7-10)30(27,28)21(18)15(23)14(22)20-13-5-3-2-4-12(13)16(24)25/h2-9H,18H2,1H3,(H,19,26)(H,20,22)(H,24,25). The Morgan fingerprint density at radius 3 is 2.17 bits per heavy atom. The molecule has 0 saturated heterocycles. The van der Waals surface area contributed by atoms with Crippen LogP contribution in [0.25, 0.3) is 0 Å². The van der Waals surface area contributed by atoms with Gasteiger partial charge in [0.2, 0.25) is 0 Å². The quantitative estimate of drug-likeness (QED) is 0.225. The highest BCUT2D eigenvalue weighted by Crippen LogP contribution is 2.18. The van der Waals surface area contributed by atoms with Crippen LogP contribution in [0.2, 0.25) is 0 Å². The first-order chi connectivity index (χ1) is 14.1. The minimum absolute atomic E-state index is 0.207. The van der Waals surface area contributed by atoms with E-state index in [9.17, 15) is 27.6 Å². The molecule has 2 rings (SSSR count). The molecule has 0 spiro atoms. The normalized spacial score (nSPS) is 10.6. The largest absolute Gasteiger partial charge is 0.478 e. The van der Waals surface area contributed by atoms with Gasteiger partial charge in [-0.05, 0) is 36.4 Å². The number of hydrazine groups is 1. The number of sulfonamides is 1. The minimum atomic E-state index is -4.61. The number of carbonyl (C=O) groups is 4. The molecule has 5 N–H and O–H groups in total. The molecule has 0 bridgehead atoms. The van der Waals surface area contributed by atoms with Gasteiger partial charge in [-0.25, -0.2) is 15.4 Å². The molecule has 12 nitrogen and oxygen atoms in total. The highest BCUT2D eigenvalue weighted by Gasteiger charge is 2.31. The second-order valence-corrected chi connectivity index (χ2v) is 7.37. The van der Waals surface area contributed by atoms with Gasteiger partial charge in [0.15, 0.2) is 0 Å². The van der Waals surface area contributed by atoms with E-state index in [4.69, 9.17) is 10.9 Å². The predicted octanol–water partition coefficient (Wildman–Crippen LogP) is 0.593. The molecule has 0 unspecified atom stereocenters. The summed E-state index contributed by atoms with van der Waals surface area (Å²) in [5.41, 5.74) is -0.315. The number of nitrogens with zero attached hydrogens (tertiary/aromatic N) is 1. The maximum absolute atomic E-state index is 12.5. The molecule has 30 heavy (non-hydrogen) atoms. The second-order valence-electron chi connectivity index (χ2n) is 5.55. The van der Waals surface area contributed by atoms with Crippen molar-refractivity contribution in [3.63, 3.8) is 0 Å². The lowest BCUT2D eigenvalue weighted by Crippen LogP contribution is -2.47. The SMILES string of the molecule is COC(=O)Nc1ccc(S(=O)(=O)N(N)C(=O)C(=O)Nc2ccccc2C(=O)O)cc1. The zero-order chi connectivity index (χ0) is 22.5. The van der Waals surface area contributed by atoms with Gasteiger partial charge in [0.1, 0.15) is 0 Å². The molecule has 3 amide bonds. The van der Waals surface area contributed by atoms with Crippen LogP contribution in [0.1, 0.15) is 10.4 Å². The van der Waals surface area contributed by atoms with Crippen molar-refractivity contribution in [3.05, 3.63) is 54.1 Å². The lowest BCUT2D eigenvalue weighted by atomic mass is 10.2. The number of carboxylic acids is 1. The number of methoxy groups -OCH3 is 1. The van der Waals surface area contributed by atoms with Crippen LogP contribution in [0.15, 0.2) is 53.4 Å². The number of aromatic carboxylic acids is 1. The Hall–Kier alpha value is -3.97. The zero-order valence-electron chi connectivity index (χ0n) is 15.4. The fraction of sp³-hybridized carbons (Fsp3) is 0.0588. The van der Waals surface area contributed by atoms with Crippen LogP contribution in [0, 0.1) is 0 Å². The van der Waals surface area contributed by atoms with Gasteiger partial charge in [0.05, 0.1) is 23.3 Å². The van der Waals surface area contributed by atoms with Crippen molar-refractivity contribution >= 4 is 45.3 Å². The van der Waals surface area contributed by atoms with Crippen molar-refractivity contribution in [2.75, 3.05) is 17.7 Å². The third-order valence-electron chi connectivity index (χ3n) is 3.64. The van der Waals surface area contributed by atoms with Gasteiger partial charge in [-0.15, -0.1) is 0 Å². The molecule has 0 aliphatic heterocycles. The molecule has 0 aromatic heterocycles. The third-order valence-corrected chi connectivity index (χ3v) is 5.19. The number of carboxylic acid groups (broad SMARTS) is 1. The fourth-order valence-electron chi connectivity index (χ4n) is 2.16. The lowest BCUT2D eigenvalue weighted by molar-refractivity contribution is -0.140. The summed E-state index contributed by atoms with van der Waals surface area (Å²) >= 11 is 0. The van der Waals surface area contributed by atoms with Crippen molar-refractivity contribution in [1.29, 1.82) is 0 Å². The molecule has 2 aromatic rings. The van der Waals surface area contributed by atoms with Crippen molar-refractivity contribution in [3.8, 4) is 0 Å². The van der Waals surface area contributed by atoms with Crippen molar-refractivity contribution in [2.24, 2.45) is 5.84 Å². The van der Waals surface area contributed by atoms with Gasteiger partial charge in [-0.3, -0.25) is 14.9 Å². The summed E-state index contributed by atoms with van der Waals surface area (Å²) in [5, 5.41) is 13.4. The van der Waals surface area contributed by atoms with E-state index in [1.165, 1.54) is 36.4 Å². The Morgan fingerprint density at radius 2 is 1.60 bits per heavy atom. The van der Waals surface area contributed by atoms with E-state index in [-0.39, 0.29) is 21.4 Å². The number of nitrogens with one attached hydrogen (secondary N) is 2. The van der Waals surface area contributed by atoms with Gasteiger partial charge >= 0.3 is 23.9 Å². The zero-order valence-corrected chi connectivity index (χ0v) is 16.2. The lowest BCUT2D eigenvalue weighted by Gasteiger charge is -2.17. The number of nitrogens with two attached hydrogens (primary N) is 1. The van der Waals surface area contributed by atoms with E-state index < -0.39 is 38.8 Å². The molecule has 0 saturated carbocycles. The molecule has 13 heteroatoms. The number of ether oxygens (including phenoxy) is 1. The van der Waals surface area contributed by atoms with Gasteiger partial charge < -0.3 is 15.2 Å². The van der Waals surface area contributed by atoms with Crippen LogP contribution < -0.4 is 16.5 Å². The van der Waals surface area contributed by atoms with E-state index in [1.54, 1.807) is 0 Å².